The van der Waals surface area contributed by atoms with Crippen molar-refractivity contribution < 1.29 is 0 Å². The van der Waals surface area contributed by atoms with E-state index in [0.29, 0.717) is 5.96 Å². The van der Waals surface area contributed by atoms with E-state index in [4.69, 9.17) is 5.73 Å². The van der Waals surface area contributed by atoms with Crippen molar-refractivity contribution in [3.05, 3.63) is 29.3 Å². The van der Waals surface area contributed by atoms with Crippen molar-refractivity contribution in [1.29, 1.82) is 0 Å². The van der Waals surface area contributed by atoms with Crippen molar-refractivity contribution in [2.45, 2.75) is 39.5 Å². The van der Waals surface area contributed by atoms with Crippen molar-refractivity contribution in [3.63, 3.8) is 0 Å². The molecule has 4 nitrogen and oxygen atoms in total. The molecule has 0 atom stereocenters. The summed E-state index contributed by atoms with van der Waals surface area (Å²) in [6, 6.07) is 6.24. The zero-order valence-corrected chi connectivity index (χ0v) is 16.1. The van der Waals surface area contributed by atoms with Gasteiger partial charge < -0.3 is 16.0 Å². The van der Waals surface area contributed by atoms with Crippen LogP contribution in [0.15, 0.2) is 23.2 Å². The fourth-order valence-corrected chi connectivity index (χ4v) is 2.66. The number of halogens is 1. The summed E-state index contributed by atoms with van der Waals surface area (Å²) >= 11 is 0. The Morgan fingerprint density at radius 3 is 2.59 bits per heavy atom. The van der Waals surface area contributed by atoms with Crippen LogP contribution < -0.4 is 11.1 Å². The number of anilines is 1. The van der Waals surface area contributed by atoms with Crippen LogP contribution in [0.3, 0.4) is 0 Å². The lowest BCUT2D eigenvalue weighted by Crippen LogP contribution is -2.23. The fraction of sp³-hybridized carbons (Fsp3) is 0.588. The van der Waals surface area contributed by atoms with E-state index in [1.165, 1.54) is 50.0 Å². The number of nitrogens with one attached hydrogen (secondary N) is 1. The smallest absolute Gasteiger partial charge is 0.193 e. The Labute approximate surface area is 151 Å². The van der Waals surface area contributed by atoms with Crippen LogP contribution in [0.25, 0.3) is 0 Å². The standard InChI is InChI=1S/C17H28N4.HI/c1-14-7-8-16(13-15(14)2)20-17(18)19-9-3-4-10-21-11-5-6-12-21;/h7-8,13H,3-6,9-12H2,1-2H3,(H3,18,19,20);1H. The van der Waals surface area contributed by atoms with Crippen LogP contribution in [0, 0.1) is 13.8 Å². The SMILES string of the molecule is Cc1ccc(NC(N)=NCCCCN2CCCC2)cc1C.I. The molecule has 1 aromatic carbocycles. The molecule has 2 rings (SSSR count). The summed E-state index contributed by atoms with van der Waals surface area (Å²) in [7, 11) is 0. The number of aliphatic imine (C=N–C) groups is 1. The van der Waals surface area contributed by atoms with Crippen molar-refractivity contribution in [3.8, 4) is 0 Å². The minimum Gasteiger partial charge on any atom is -0.370 e. The average molecular weight is 416 g/mol. The highest BCUT2D eigenvalue weighted by molar-refractivity contribution is 14.0. The number of hydrogen-bond acceptors (Lipinski definition) is 2. The molecule has 0 aliphatic carbocycles. The molecular formula is C17H29IN4. The summed E-state index contributed by atoms with van der Waals surface area (Å²) < 4.78 is 0. The van der Waals surface area contributed by atoms with E-state index in [1.54, 1.807) is 0 Å². The second-order valence-corrected chi connectivity index (χ2v) is 5.95. The highest BCUT2D eigenvalue weighted by Crippen LogP contribution is 2.13. The van der Waals surface area contributed by atoms with Gasteiger partial charge in [-0.1, -0.05) is 6.07 Å². The summed E-state index contributed by atoms with van der Waals surface area (Å²) in [5, 5.41) is 3.16. The van der Waals surface area contributed by atoms with Crippen LogP contribution in [-0.2, 0) is 0 Å². The van der Waals surface area contributed by atoms with Gasteiger partial charge in [-0.15, -0.1) is 24.0 Å². The zero-order chi connectivity index (χ0) is 15.1. The van der Waals surface area contributed by atoms with Crippen LogP contribution in [0.1, 0.15) is 36.8 Å². The average Bonchev–Trinajstić information content (AvgIpc) is 2.96. The van der Waals surface area contributed by atoms with E-state index < -0.39 is 0 Å². The van der Waals surface area contributed by atoms with Crippen LogP contribution >= 0.6 is 24.0 Å². The molecule has 1 heterocycles. The minimum atomic E-state index is 0. The number of rotatable bonds is 6. The monoisotopic (exact) mass is 416 g/mol. The van der Waals surface area contributed by atoms with Gasteiger partial charge in [-0.25, -0.2) is 0 Å². The molecule has 0 aromatic heterocycles. The van der Waals surface area contributed by atoms with E-state index in [0.717, 1.165) is 18.7 Å². The van der Waals surface area contributed by atoms with Crippen molar-refractivity contribution in [2.24, 2.45) is 10.7 Å². The third-order valence-electron chi connectivity index (χ3n) is 4.14. The molecule has 0 bridgehead atoms. The van der Waals surface area contributed by atoms with Gasteiger partial charge in [-0.05, 0) is 82.4 Å². The Bertz CT molecular complexity index is 482. The van der Waals surface area contributed by atoms with Gasteiger partial charge in [0.15, 0.2) is 5.96 Å². The first kappa shape index (κ1) is 19.2. The number of benzene rings is 1. The number of hydrogen-bond donors (Lipinski definition) is 2. The van der Waals surface area contributed by atoms with E-state index >= 15 is 0 Å². The highest BCUT2D eigenvalue weighted by atomic mass is 127. The topological polar surface area (TPSA) is 53.6 Å². The number of aryl methyl sites for hydroxylation is 2. The molecule has 1 saturated heterocycles. The minimum absolute atomic E-state index is 0. The number of likely N-dealkylation sites (tertiary alicyclic amines) is 1. The van der Waals surface area contributed by atoms with E-state index in [2.05, 4.69) is 41.2 Å². The van der Waals surface area contributed by atoms with Crippen molar-refractivity contribution >= 4 is 35.6 Å². The summed E-state index contributed by atoms with van der Waals surface area (Å²) in [5.74, 6) is 0.513. The second-order valence-electron chi connectivity index (χ2n) is 5.95. The second kappa shape index (κ2) is 10.0. The Morgan fingerprint density at radius 2 is 1.91 bits per heavy atom. The molecule has 1 aromatic rings. The van der Waals surface area contributed by atoms with E-state index in [-0.39, 0.29) is 24.0 Å². The first-order valence-electron chi connectivity index (χ1n) is 8.02. The molecule has 5 heteroatoms. The van der Waals surface area contributed by atoms with Crippen LogP contribution in [0.4, 0.5) is 5.69 Å². The fourth-order valence-electron chi connectivity index (χ4n) is 2.66. The summed E-state index contributed by atoms with van der Waals surface area (Å²) in [5.41, 5.74) is 9.49. The Hall–Kier alpha value is -0.820. The predicted molar refractivity (Wildman–Crippen MR) is 106 cm³/mol. The van der Waals surface area contributed by atoms with E-state index in [1.807, 2.05) is 6.07 Å². The maximum atomic E-state index is 5.93. The lowest BCUT2D eigenvalue weighted by Gasteiger charge is -2.13. The quantitative estimate of drug-likeness (QED) is 0.323. The zero-order valence-electron chi connectivity index (χ0n) is 13.8. The van der Waals surface area contributed by atoms with Crippen LogP contribution in [0.5, 0.6) is 0 Å². The van der Waals surface area contributed by atoms with Gasteiger partial charge in [0.05, 0.1) is 0 Å². The normalized spacial score (nSPS) is 15.6. The molecule has 1 fully saturated rings. The number of unbranched alkanes of at least 4 members (excludes halogenated alkanes) is 1. The molecule has 124 valence electrons. The molecule has 0 unspecified atom stereocenters. The van der Waals surface area contributed by atoms with Gasteiger partial charge in [0.2, 0.25) is 0 Å². The van der Waals surface area contributed by atoms with Crippen molar-refractivity contribution in [2.75, 3.05) is 31.5 Å². The molecule has 0 saturated carbocycles. The molecule has 22 heavy (non-hydrogen) atoms. The first-order chi connectivity index (χ1) is 10.1. The third-order valence-corrected chi connectivity index (χ3v) is 4.14. The van der Waals surface area contributed by atoms with Gasteiger partial charge >= 0.3 is 0 Å². The Balaban J connectivity index is 0.00000242. The van der Waals surface area contributed by atoms with Crippen molar-refractivity contribution in [1.82, 2.24) is 4.90 Å². The van der Waals surface area contributed by atoms with E-state index in [9.17, 15) is 0 Å². The number of guanidine groups is 1. The summed E-state index contributed by atoms with van der Waals surface area (Å²) in [6.45, 7) is 8.78. The number of nitrogens with zero attached hydrogens (tertiary/aromatic N) is 2. The first-order valence-corrected chi connectivity index (χ1v) is 8.02. The third kappa shape index (κ3) is 6.52. The molecule has 0 spiro atoms. The molecular weight excluding hydrogens is 387 g/mol. The molecule has 3 N–H and O–H groups in total. The molecule has 1 aliphatic rings. The van der Waals surface area contributed by atoms with Gasteiger partial charge in [0, 0.05) is 12.2 Å². The summed E-state index contributed by atoms with van der Waals surface area (Å²) in [4.78, 5) is 6.94. The Morgan fingerprint density at radius 1 is 1.18 bits per heavy atom. The lowest BCUT2D eigenvalue weighted by molar-refractivity contribution is 0.331. The largest absolute Gasteiger partial charge is 0.370 e. The van der Waals surface area contributed by atoms with Gasteiger partial charge in [-0.2, -0.15) is 0 Å². The van der Waals surface area contributed by atoms with Gasteiger partial charge in [0.1, 0.15) is 0 Å². The molecule has 0 radical (unpaired) electrons. The highest BCUT2D eigenvalue weighted by Gasteiger charge is 2.09. The van der Waals surface area contributed by atoms with Crippen LogP contribution in [-0.4, -0.2) is 37.0 Å². The number of nitrogens with two attached hydrogens (primary N) is 1. The maximum absolute atomic E-state index is 5.93. The predicted octanol–water partition coefficient (Wildman–Crippen LogP) is 3.52. The lowest BCUT2D eigenvalue weighted by atomic mass is 10.1. The Kier molecular flexibility index (Phi) is 8.78. The van der Waals surface area contributed by atoms with Gasteiger partial charge in [-0.3, -0.25) is 4.99 Å². The van der Waals surface area contributed by atoms with Gasteiger partial charge in [0.25, 0.3) is 0 Å². The molecule has 0 amide bonds. The molecule has 1 aliphatic heterocycles. The van der Waals surface area contributed by atoms with Crippen LogP contribution in [0.2, 0.25) is 0 Å². The summed E-state index contributed by atoms with van der Waals surface area (Å²) in [6.07, 6.45) is 5.04. The maximum Gasteiger partial charge on any atom is 0.193 e.